The summed E-state index contributed by atoms with van der Waals surface area (Å²) in [4.78, 5) is 11.2. The average molecular weight is 442 g/mol. The first-order valence-corrected chi connectivity index (χ1v) is 10.3. The molecule has 0 radical (unpaired) electrons. The van der Waals surface area contributed by atoms with Crippen molar-refractivity contribution in [2.24, 2.45) is 0 Å². The number of para-hydroxylation sites is 4. The summed E-state index contributed by atoms with van der Waals surface area (Å²) in [7, 11) is 0. The first-order chi connectivity index (χ1) is 16.1. The van der Waals surface area contributed by atoms with Gasteiger partial charge in [0.25, 0.3) is 0 Å². The van der Waals surface area contributed by atoms with E-state index in [0.717, 1.165) is 0 Å². The van der Waals surface area contributed by atoms with E-state index in [4.69, 9.17) is 18.9 Å². The standard InChI is InChI=1S/C27H22O6/c28-26(29)30-25-19-11-10-12-21(25)20-27(31-22-13-4-1-5-14-22,32-23-15-6-2-7-16-23)33-24-17-8-3-9-18-24/h1-19H,20H2,(H,28,29). The molecule has 0 amide bonds. The molecule has 0 spiro atoms. The average Bonchev–Trinajstić information content (AvgIpc) is 2.82. The van der Waals surface area contributed by atoms with E-state index in [0.29, 0.717) is 22.8 Å². The molecule has 0 aromatic heterocycles. The summed E-state index contributed by atoms with van der Waals surface area (Å²) in [6, 6.07) is 34.2. The smallest absolute Gasteiger partial charge is 0.449 e. The fourth-order valence-corrected chi connectivity index (χ4v) is 3.25. The minimum absolute atomic E-state index is 0.0230. The van der Waals surface area contributed by atoms with Crippen LogP contribution in [0.4, 0.5) is 4.79 Å². The summed E-state index contributed by atoms with van der Waals surface area (Å²) in [5, 5.41) is 9.18. The predicted octanol–water partition coefficient (Wildman–Crippen LogP) is 6.18. The zero-order valence-electron chi connectivity index (χ0n) is 17.7. The molecule has 0 saturated heterocycles. The van der Waals surface area contributed by atoms with Crippen molar-refractivity contribution in [3.05, 3.63) is 121 Å². The number of ether oxygens (including phenoxy) is 4. The first kappa shape index (κ1) is 21.8. The largest absolute Gasteiger partial charge is 0.511 e. The van der Waals surface area contributed by atoms with E-state index < -0.39 is 12.1 Å². The van der Waals surface area contributed by atoms with E-state index in [1.807, 2.05) is 54.6 Å². The van der Waals surface area contributed by atoms with Crippen molar-refractivity contribution in [3.8, 4) is 23.0 Å². The molecule has 0 bridgehead atoms. The Balaban J connectivity index is 1.79. The summed E-state index contributed by atoms with van der Waals surface area (Å²) in [6.07, 6.45) is -1.39. The zero-order valence-corrected chi connectivity index (χ0v) is 17.7. The minimum Gasteiger partial charge on any atom is -0.449 e. The molecule has 0 unspecified atom stereocenters. The fourth-order valence-electron chi connectivity index (χ4n) is 3.25. The Kier molecular flexibility index (Phi) is 6.75. The van der Waals surface area contributed by atoms with Crippen molar-refractivity contribution in [1.29, 1.82) is 0 Å². The number of hydrogen-bond donors (Lipinski definition) is 1. The number of hydrogen-bond acceptors (Lipinski definition) is 5. The van der Waals surface area contributed by atoms with Crippen LogP contribution in [0.1, 0.15) is 5.56 Å². The molecule has 0 aliphatic rings. The van der Waals surface area contributed by atoms with Crippen LogP contribution in [0.3, 0.4) is 0 Å². The molecule has 6 heteroatoms. The monoisotopic (exact) mass is 442 g/mol. The Labute approximate surface area is 191 Å². The van der Waals surface area contributed by atoms with Crippen LogP contribution in [0, 0.1) is 0 Å². The normalized spacial score (nSPS) is 10.8. The summed E-state index contributed by atoms with van der Waals surface area (Å²) in [6.45, 7) is 0. The summed E-state index contributed by atoms with van der Waals surface area (Å²) < 4.78 is 24.0. The molecule has 4 rings (SSSR count). The van der Waals surface area contributed by atoms with Gasteiger partial charge in [-0.3, -0.25) is 0 Å². The van der Waals surface area contributed by atoms with Crippen molar-refractivity contribution >= 4 is 6.16 Å². The van der Waals surface area contributed by atoms with Gasteiger partial charge in [0.15, 0.2) is 0 Å². The molecule has 0 heterocycles. The Bertz CT molecular complexity index is 1060. The van der Waals surface area contributed by atoms with Gasteiger partial charge in [-0.2, -0.15) is 0 Å². The van der Waals surface area contributed by atoms with Gasteiger partial charge in [-0.25, -0.2) is 4.79 Å². The van der Waals surface area contributed by atoms with Gasteiger partial charge in [-0.15, -0.1) is 0 Å². The molecule has 0 aliphatic heterocycles. The second-order valence-corrected chi connectivity index (χ2v) is 7.08. The van der Waals surface area contributed by atoms with Crippen LogP contribution in [0.25, 0.3) is 0 Å². The zero-order chi connectivity index (χ0) is 22.9. The van der Waals surface area contributed by atoms with Crippen molar-refractivity contribution < 1.29 is 28.8 Å². The van der Waals surface area contributed by atoms with Gasteiger partial charge >= 0.3 is 12.1 Å². The summed E-state index contributed by atoms with van der Waals surface area (Å²) in [5.74, 6) is 0.0320. The number of carbonyl (C=O) groups is 1. The van der Waals surface area contributed by atoms with Gasteiger partial charge < -0.3 is 24.1 Å². The second kappa shape index (κ2) is 10.2. The number of rotatable bonds is 9. The third-order valence-corrected chi connectivity index (χ3v) is 4.63. The van der Waals surface area contributed by atoms with Crippen LogP contribution in [0.5, 0.6) is 23.0 Å². The maximum absolute atomic E-state index is 11.2. The maximum atomic E-state index is 11.2. The van der Waals surface area contributed by atoms with E-state index in [-0.39, 0.29) is 12.2 Å². The van der Waals surface area contributed by atoms with Crippen LogP contribution >= 0.6 is 0 Å². The molecule has 0 fully saturated rings. The van der Waals surface area contributed by atoms with E-state index in [1.54, 1.807) is 60.7 Å². The lowest BCUT2D eigenvalue weighted by Gasteiger charge is -2.34. The Morgan fingerprint density at radius 1 is 0.606 bits per heavy atom. The highest BCUT2D eigenvalue weighted by Crippen LogP contribution is 2.32. The van der Waals surface area contributed by atoms with Crippen LogP contribution in [-0.4, -0.2) is 17.2 Å². The van der Waals surface area contributed by atoms with E-state index >= 15 is 0 Å². The van der Waals surface area contributed by atoms with E-state index in [2.05, 4.69) is 0 Å². The summed E-state index contributed by atoms with van der Waals surface area (Å²) in [5.41, 5.74) is 0.530. The van der Waals surface area contributed by atoms with Crippen LogP contribution in [0.2, 0.25) is 0 Å². The molecular formula is C27H22O6. The topological polar surface area (TPSA) is 74.2 Å². The fraction of sp³-hybridized carbons (Fsp3) is 0.0741. The molecule has 0 aliphatic carbocycles. The van der Waals surface area contributed by atoms with E-state index in [1.165, 1.54) is 0 Å². The van der Waals surface area contributed by atoms with Crippen molar-refractivity contribution in [1.82, 2.24) is 0 Å². The molecule has 6 nitrogen and oxygen atoms in total. The van der Waals surface area contributed by atoms with Gasteiger partial charge in [-0.05, 0) is 42.5 Å². The minimum atomic E-state index is -1.68. The Morgan fingerprint density at radius 3 is 1.42 bits per heavy atom. The SMILES string of the molecule is O=C(O)Oc1ccccc1CC(Oc1ccccc1)(Oc1ccccc1)Oc1ccccc1. The highest BCUT2D eigenvalue weighted by atomic mass is 16.9. The predicted molar refractivity (Wildman–Crippen MR) is 123 cm³/mol. The molecule has 166 valence electrons. The van der Waals surface area contributed by atoms with Crippen LogP contribution < -0.4 is 18.9 Å². The van der Waals surface area contributed by atoms with E-state index in [9.17, 15) is 9.90 Å². The van der Waals surface area contributed by atoms with Crippen molar-refractivity contribution in [3.63, 3.8) is 0 Å². The van der Waals surface area contributed by atoms with Gasteiger partial charge in [-0.1, -0.05) is 72.8 Å². The molecule has 4 aromatic carbocycles. The lowest BCUT2D eigenvalue weighted by atomic mass is 10.1. The van der Waals surface area contributed by atoms with Gasteiger partial charge in [0, 0.05) is 5.56 Å². The van der Waals surface area contributed by atoms with Crippen LogP contribution in [-0.2, 0) is 6.42 Å². The van der Waals surface area contributed by atoms with Gasteiger partial charge in [0.2, 0.25) is 0 Å². The Hall–Kier alpha value is -4.45. The lowest BCUT2D eigenvalue weighted by molar-refractivity contribution is -0.251. The van der Waals surface area contributed by atoms with Crippen molar-refractivity contribution in [2.45, 2.75) is 12.4 Å². The molecule has 33 heavy (non-hydrogen) atoms. The van der Waals surface area contributed by atoms with Gasteiger partial charge in [0.05, 0.1) is 6.42 Å². The highest BCUT2D eigenvalue weighted by Gasteiger charge is 2.40. The molecule has 4 aromatic rings. The van der Waals surface area contributed by atoms with Crippen molar-refractivity contribution in [2.75, 3.05) is 0 Å². The quantitative estimate of drug-likeness (QED) is 0.190. The molecule has 1 N–H and O–H groups in total. The third-order valence-electron chi connectivity index (χ3n) is 4.63. The third kappa shape index (κ3) is 6.04. The highest BCUT2D eigenvalue weighted by molar-refractivity contribution is 5.62. The molecular weight excluding hydrogens is 420 g/mol. The lowest BCUT2D eigenvalue weighted by Crippen LogP contribution is -2.50. The maximum Gasteiger partial charge on any atom is 0.511 e. The Morgan fingerprint density at radius 2 is 1.00 bits per heavy atom. The molecule has 0 atom stereocenters. The molecule has 0 saturated carbocycles. The first-order valence-electron chi connectivity index (χ1n) is 10.3. The summed E-state index contributed by atoms with van der Waals surface area (Å²) >= 11 is 0. The van der Waals surface area contributed by atoms with Crippen LogP contribution in [0.15, 0.2) is 115 Å². The number of benzene rings is 4. The van der Waals surface area contributed by atoms with Gasteiger partial charge in [0.1, 0.15) is 23.0 Å². The second-order valence-electron chi connectivity index (χ2n) is 7.08. The number of carboxylic acid groups (broad SMARTS) is 1.